The van der Waals surface area contributed by atoms with Crippen LogP contribution in [0.1, 0.15) is 11.1 Å². The number of benzene rings is 2. The summed E-state index contributed by atoms with van der Waals surface area (Å²) < 4.78 is 19.2. The largest absolute Gasteiger partial charge is 0.454 e. The maximum atomic E-state index is 13.6. The van der Waals surface area contributed by atoms with Crippen LogP contribution in [0.4, 0.5) is 4.39 Å². The third-order valence-electron chi connectivity index (χ3n) is 3.74. The van der Waals surface area contributed by atoms with Gasteiger partial charge in [0.05, 0.1) is 0 Å². The zero-order valence-corrected chi connectivity index (χ0v) is 12.1. The van der Waals surface area contributed by atoms with Crippen molar-refractivity contribution in [2.75, 3.05) is 6.54 Å². The number of carbonyl (C=O) groups is 1. The molecule has 0 unspecified atom stereocenters. The highest BCUT2D eigenvalue weighted by atomic mass is 19.1. The fourth-order valence-electron chi connectivity index (χ4n) is 2.57. The first-order chi connectivity index (χ1) is 10.7. The summed E-state index contributed by atoms with van der Waals surface area (Å²) in [4.78, 5) is 13.5. The monoisotopic (exact) mass is 297 g/mol. The Balaban J connectivity index is 1.83. The van der Waals surface area contributed by atoms with Gasteiger partial charge in [0, 0.05) is 13.1 Å². The number of ether oxygens (including phenoxy) is 1. The van der Waals surface area contributed by atoms with Crippen molar-refractivity contribution >= 4 is 5.91 Å². The Morgan fingerprint density at radius 2 is 2.05 bits per heavy atom. The van der Waals surface area contributed by atoms with Gasteiger partial charge in [-0.25, -0.2) is 4.39 Å². The minimum absolute atomic E-state index is 0.0777. The molecule has 2 aromatic carbocycles. The topological polar surface area (TPSA) is 29.5 Å². The summed E-state index contributed by atoms with van der Waals surface area (Å²) in [5, 5.41) is 0. The molecule has 1 aliphatic rings. The van der Waals surface area contributed by atoms with Crippen molar-refractivity contribution in [1.29, 1.82) is 0 Å². The van der Waals surface area contributed by atoms with Crippen LogP contribution in [0.2, 0.25) is 0 Å². The van der Waals surface area contributed by atoms with E-state index in [9.17, 15) is 9.18 Å². The number of carbonyl (C=O) groups excluding carboxylic acids is 1. The van der Waals surface area contributed by atoms with Crippen LogP contribution in [0.15, 0.2) is 55.1 Å². The van der Waals surface area contributed by atoms with Crippen LogP contribution < -0.4 is 4.74 Å². The van der Waals surface area contributed by atoms with Crippen LogP contribution in [-0.2, 0) is 17.8 Å². The van der Waals surface area contributed by atoms with E-state index in [0.717, 1.165) is 12.0 Å². The minimum atomic E-state index is -0.399. The highest BCUT2D eigenvalue weighted by Gasteiger charge is 2.19. The summed E-state index contributed by atoms with van der Waals surface area (Å²) in [7, 11) is 0. The number of para-hydroxylation sites is 1. The van der Waals surface area contributed by atoms with Gasteiger partial charge >= 0.3 is 0 Å². The van der Waals surface area contributed by atoms with E-state index < -0.39 is 5.82 Å². The molecule has 1 heterocycles. The summed E-state index contributed by atoms with van der Waals surface area (Å²) in [5.74, 6) is 0.281. The quantitative estimate of drug-likeness (QED) is 0.809. The fourth-order valence-corrected chi connectivity index (χ4v) is 2.57. The second-order valence-electron chi connectivity index (χ2n) is 5.18. The van der Waals surface area contributed by atoms with E-state index in [1.807, 2.05) is 18.2 Å². The maximum Gasteiger partial charge on any atom is 0.246 e. The lowest BCUT2D eigenvalue weighted by Gasteiger charge is -2.28. The summed E-state index contributed by atoms with van der Waals surface area (Å²) in [5.41, 5.74) is 2.21. The second kappa shape index (κ2) is 6.02. The summed E-state index contributed by atoms with van der Waals surface area (Å²) in [6, 6.07) is 12.0. The fraction of sp³-hybridized carbons (Fsp3) is 0.167. The third kappa shape index (κ3) is 2.86. The van der Waals surface area contributed by atoms with Crippen LogP contribution in [0, 0.1) is 5.82 Å². The molecule has 0 bridgehead atoms. The molecule has 0 spiro atoms. The van der Waals surface area contributed by atoms with Gasteiger partial charge in [0.15, 0.2) is 11.6 Å². The predicted octanol–water partition coefficient (Wildman–Crippen LogP) is 3.69. The van der Waals surface area contributed by atoms with Gasteiger partial charge in [0.25, 0.3) is 0 Å². The molecule has 112 valence electrons. The smallest absolute Gasteiger partial charge is 0.246 e. The first kappa shape index (κ1) is 14.3. The molecule has 1 amide bonds. The minimum Gasteiger partial charge on any atom is -0.454 e. The van der Waals surface area contributed by atoms with E-state index in [4.69, 9.17) is 4.74 Å². The molecule has 0 aliphatic carbocycles. The molecule has 0 atom stereocenters. The molecule has 4 heteroatoms. The Morgan fingerprint density at radius 3 is 2.82 bits per heavy atom. The van der Waals surface area contributed by atoms with Gasteiger partial charge in [-0.15, -0.1) is 0 Å². The first-order valence-electron chi connectivity index (χ1n) is 7.13. The molecule has 0 saturated carbocycles. The number of nitrogens with zero attached hydrogens (tertiary/aromatic N) is 1. The zero-order valence-electron chi connectivity index (χ0n) is 12.1. The molecule has 3 rings (SSSR count). The molecule has 3 nitrogen and oxygen atoms in total. The number of amides is 1. The van der Waals surface area contributed by atoms with Crippen LogP contribution in [-0.4, -0.2) is 17.4 Å². The van der Waals surface area contributed by atoms with Gasteiger partial charge in [0.1, 0.15) is 5.75 Å². The molecule has 0 radical (unpaired) electrons. The molecular weight excluding hydrogens is 281 g/mol. The number of hydrogen-bond donors (Lipinski definition) is 0. The van der Waals surface area contributed by atoms with Gasteiger partial charge in [-0.3, -0.25) is 4.79 Å². The van der Waals surface area contributed by atoms with Crippen molar-refractivity contribution < 1.29 is 13.9 Å². The van der Waals surface area contributed by atoms with Crippen LogP contribution in [0.25, 0.3) is 0 Å². The molecule has 0 aromatic heterocycles. The summed E-state index contributed by atoms with van der Waals surface area (Å²) >= 11 is 0. The van der Waals surface area contributed by atoms with Crippen LogP contribution in [0.3, 0.4) is 0 Å². The van der Waals surface area contributed by atoms with Crippen molar-refractivity contribution in [3.63, 3.8) is 0 Å². The lowest BCUT2D eigenvalue weighted by molar-refractivity contribution is -0.126. The van der Waals surface area contributed by atoms with Crippen molar-refractivity contribution in [2.45, 2.75) is 13.0 Å². The van der Waals surface area contributed by atoms with Gasteiger partial charge in [-0.05, 0) is 47.9 Å². The van der Waals surface area contributed by atoms with E-state index in [2.05, 4.69) is 6.58 Å². The Morgan fingerprint density at radius 1 is 1.23 bits per heavy atom. The van der Waals surface area contributed by atoms with E-state index in [0.29, 0.717) is 18.8 Å². The molecule has 0 saturated heterocycles. The van der Waals surface area contributed by atoms with E-state index in [1.165, 1.54) is 17.7 Å². The van der Waals surface area contributed by atoms with Crippen molar-refractivity contribution in [1.82, 2.24) is 4.90 Å². The predicted molar refractivity (Wildman–Crippen MR) is 82.2 cm³/mol. The highest BCUT2D eigenvalue weighted by Crippen LogP contribution is 2.28. The van der Waals surface area contributed by atoms with Crippen LogP contribution in [0.5, 0.6) is 11.5 Å². The van der Waals surface area contributed by atoms with Crippen molar-refractivity contribution in [3.8, 4) is 11.5 Å². The van der Waals surface area contributed by atoms with E-state index in [1.54, 1.807) is 23.1 Å². The normalized spacial score (nSPS) is 13.4. The lowest BCUT2D eigenvalue weighted by atomic mass is 9.99. The Labute approximate surface area is 128 Å². The SMILES string of the molecule is C=CC(=O)N1CCc2ccc(Oc3ccccc3F)cc2C1. The standard InChI is InChI=1S/C18H16FNO2/c1-2-18(21)20-10-9-13-7-8-15(11-14(13)12-20)22-17-6-4-3-5-16(17)19/h2-8,11H,1,9-10,12H2. The zero-order chi connectivity index (χ0) is 15.5. The summed E-state index contributed by atoms with van der Waals surface area (Å²) in [6.45, 7) is 4.73. The molecule has 2 aromatic rings. The Bertz CT molecular complexity index is 727. The number of rotatable bonds is 3. The number of fused-ring (bicyclic) bond motifs is 1. The second-order valence-corrected chi connectivity index (χ2v) is 5.18. The number of hydrogen-bond acceptors (Lipinski definition) is 2. The average molecular weight is 297 g/mol. The molecule has 0 N–H and O–H groups in total. The van der Waals surface area contributed by atoms with E-state index in [-0.39, 0.29) is 11.7 Å². The third-order valence-corrected chi connectivity index (χ3v) is 3.74. The Kier molecular flexibility index (Phi) is 3.92. The lowest BCUT2D eigenvalue weighted by Crippen LogP contribution is -2.34. The molecular formula is C18H16FNO2. The Hall–Kier alpha value is -2.62. The first-order valence-corrected chi connectivity index (χ1v) is 7.13. The van der Waals surface area contributed by atoms with Gasteiger partial charge in [0.2, 0.25) is 5.91 Å². The van der Waals surface area contributed by atoms with Gasteiger partial charge < -0.3 is 9.64 Å². The highest BCUT2D eigenvalue weighted by molar-refractivity contribution is 5.87. The van der Waals surface area contributed by atoms with Gasteiger partial charge in [-0.1, -0.05) is 24.8 Å². The summed E-state index contributed by atoms with van der Waals surface area (Å²) in [6.07, 6.45) is 2.12. The van der Waals surface area contributed by atoms with Gasteiger partial charge in [-0.2, -0.15) is 0 Å². The average Bonchev–Trinajstić information content (AvgIpc) is 2.55. The molecule has 0 fully saturated rings. The molecule has 22 heavy (non-hydrogen) atoms. The van der Waals surface area contributed by atoms with E-state index >= 15 is 0 Å². The number of halogens is 1. The van der Waals surface area contributed by atoms with Crippen LogP contribution >= 0.6 is 0 Å². The molecule has 1 aliphatic heterocycles. The van der Waals surface area contributed by atoms with Crippen molar-refractivity contribution in [3.05, 3.63) is 72.1 Å². The maximum absolute atomic E-state index is 13.6. The van der Waals surface area contributed by atoms with Crippen molar-refractivity contribution in [2.24, 2.45) is 0 Å².